The maximum atomic E-state index is 6.84. The van der Waals surface area contributed by atoms with E-state index >= 15 is 0 Å². The van der Waals surface area contributed by atoms with Crippen molar-refractivity contribution in [2.75, 3.05) is 17.8 Å². The number of fused-ring (bicyclic) bond motifs is 1. The second-order valence-corrected chi connectivity index (χ2v) is 9.78. The fourth-order valence-corrected chi connectivity index (χ4v) is 6.80. The quantitative estimate of drug-likeness (QED) is 0.460. The van der Waals surface area contributed by atoms with E-state index in [1.165, 1.54) is 40.8 Å². The van der Waals surface area contributed by atoms with E-state index < -0.39 is 8.45 Å². The summed E-state index contributed by atoms with van der Waals surface area (Å²) in [7, 11) is -0.857. The minimum atomic E-state index is -0.857. The molecule has 3 nitrogen and oxygen atoms in total. The molecule has 2 saturated heterocycles. The molecule has 0 aromatic heterocycles. The van der Waals surface area contributed by atoms with Crippen LogP contribution in [-0.2, 0) is 0 Å². The van der Waals surface area contributed by atoms with Gasteiger partial charge in [0.2, 0.25) is 0 Å². The lowest BCUT2D eigenvalue weighted by Gasteiger charge is -2.30. The monoisotopic (exact) mass is 402 g/mol. The largest absolute Gasteiger partial charge is 0.440 e. The highest BCUT2D eigenvalue weighted by Gasteiger charge is 2.45. The molecular formula is C25H27N2OP. The molecule has 2 aliphatic rings. The molecular weight excluding hydrogens is 375 g/mol. The van der Waals surface area contributed by atoms with Gasteiger partial charge in [-0.1, -0.05) is 65.7 Å². The summed E-state index contributed by atoms with van der Waals surface area (Å²) < 4.78 is 11.9. The number of benzene rings is 3. The zero-order chi connectivity index (χ0) is 19.8. The smallest absolute Gasteiger partial charge is 0.279 e. The Kier molecular flexibility index (Phi) is 5.03. The zero-order valence-electron chi connectivity index (χ0n) is 17.1. The van der Waals surface area contributed by atoms with Crippen molar-refractivity contribution in [1.82, 2.24) is 4.67 Å². The van der Waals surface area contributed by atoms with Crippen LogP contribution in [0.15, 0.2) is 72.8 Å². The summed E-state index contributed by atoms with van der Waals surface area (Å²) in [5.74, 6) is 0.983. The molecule has 0 N–H and O–H groups in total. The van der Waals surface area contributed by atoms with Gasteiger partial charge in [-0.25, -0.2) is 4.67 Å². The van der Waals surface area contributed by atoms with Gasteiger partial charge in [0.25, 0.3) is 8.45 Å². The fraction of sp³-hybridized carbons (Fsp3) is 0.280. The molecule has 3 aromatic carbocycles. The first-order valence-corrected chi connectivity index (χ1v) is 11.6. The maximum absolute atomic E-state index is 6.84. The van der Waals surface area contributed by atoms with Crippen LogP contribution in [0.3, 0.4) is 0 Å². The van der Waals surface area contributed by atoms with E-state index in [1.807, 2.05) is 0 Å². The third kappa shape index (κ3) is 3.66. The summed E-state index contributed by atoms with van der Waals surface area (Å²) in [6.45, 7) is 6.51. The second-order valence-electron chi connectivity index (χ2n) is 8.09. The highest BCUT2D eigenvalue weighted by Crippen LogP contribution is 2.57. The van der Waals surface area contributed by atoms with Crippen LogP contribution in [0, 0.1) is 13.8 Å². The molecule has 0 radical (unpaired) electrons. The predicted octanol–water partition coefficient (Wildman–Crippen LogP) is 6.56. The van der Waals surface area contributed by atoms with Gasteiger partial charge >= 0.3 is 0 Å². The maximum Gasteiger partial charge on any atom is 0.279 e. The van der Waals surface area contributed by atoms with Crippen molar-refractivity contribution in [2.45, 2.75) is 32.7 Å². The molecule has 0 saturated carbocycles. The van der Waals surface area contributed by atoms with E-state index in [9.17, 15) is 0 Å². The van der Waals surface area contributed by atoms with Gasteiger partial charge in [0.1, 0.15) is 5.75 Å². The molecule has 0 bridgehead atoms. The van der Waals surface area contributed by atoms with E-state index in [0.29, 0.717) is 6.04 Å². The lowest BCUT2D eigenvalue weighted by molar-refractivity contribution is 0.432. The standard InChI is InChI=1S/C25H27N2OP/c1-19-15-20(2)17-21(16-19)24-12-6-7-13-25(24)28-29-26-14-8-11-23(26)18-27(29)22-9-4-3-5-10-22/h3-7,9-10,12-13,15-17,23H,8,11,14,18H2,1-2H3/t23-,29?/m0/s1. The Hall–Kier alpha value is -2.35. The molecule has 2 atom stereocenters. The number of hydrogen-bond donors (Lipinski definition) is 0. The average molecular weight is 402 g/mol. The summed E-state index contributed by atoms with van der Waals surface area (Å²) >= 11 is 0. The summed E-state index contributed by atoms with van der Waals surface area (Å²) in [4.78, 5) is 0. The Morgan fingerprint density at radius 2 is 1.62 bits per heavy atom. The molecule has 29 heavy (non-hydrogen) atoms. The van der Waals surface area contributed by atoms with Crippen molar-refractivity contribution in [2.24, 2.45) is 0 Å². The minimum absolute atomic E-state index is 0.606. The first-order valence-electron chi connectivity index (χ1n) is 10.4. The molecule has 1 unspecified atom stereocenters. The number of nitrogens with zero attached hydrogens (tertiary/aromatic N) is 2. The van der Waals surface area contributed by atoms with Crippen molar-refractivity contribution in [3.05, 3.63) is 83.9 Å². The number of para-hydroxylation sites is 2. The summed E-state index contributed by atoms with van der Waals surface area (Å²) in [6, 6.07) is 26.6. The molecule has 5 rings (SSSR count). The minimum Gasteiger partial charge on any atom is -0.440 e. The van der Waals surface area contributed by atoms with Crippen molar-refractivity contribution in [3.63, 3.8) is 0 Å². The lowest BCUT2D eigenvalue weighted by atomic mass is 10.0. The van der Waals surface area contributed by atoms with Crippen LogP contribution in [0.1, 0.15) is 24.0 Å². The van der Waals surface area contributed by atoms with Gasteiger partial charge in [-0.05, 0) is 50.5 Å². The average Bonchev–Trinajstić information content (AvgIpc) is 3.31. The number of aryl methyl sites for hydroxylation is 2. The normalized spacial score (nSPS) is 21.4. The van der Waals surface area contributed by atoms with Crippen molar-refractivity contribution >= 4 is 14.1 Å². The van der Waals surface area contributed by atoms with Gasteiger partial charge in [-0.3, -0.25) is 0 Å². The Morgan fingerprint density at radius 3 is 2.41 bits per heavy atom. The molecule has 3 aromatic rings. The molecule has 2 fully saturated rings. The topological polar surface area (TPSA) is 15.7 Å². The number of rotatable bonds is 4. The van der Waals surface area contributed by atoms with Gasteiger partial charge in [-0.2, -0.15) is 0 Å². The molecule has 2 aliphatic heterocycles. The molecule has 148 valence electrons. The van der Waals surface area contributed by atoms with E-state index in [2.05, 4.69) is 96.0 Å². The SMILES string of the molecule is Cc1cc(C)cc(-c2ccccc2OP2N(c3ccccc3)C[C@@H]3CCCN32)c1. The van der Waals surface area contributed by atoms with Crippen LogP contribution in [0.2, 0.25) is 0 Å². The van der Waals surface area contributed by atoms with Crippen LogP contribution in [0.4, 0.5) is 5.69 Å². The van der Waals surface area contributed by atoms with Crippen molar-refractivity contribution in [1.29, 1.82) is 0 Å². The van der Waals surface area contributed by atoms with Crippen LogP contribution >= 0.6 is 8.45 Å². The van der Waals surface area contributed by atoms with Crippen LogP contribution in [-0.4, -0.2) is 23.8 Å². The van der Waals surface area contributed by atoms with Crippen molar-refractivity contribution in [3.8, 4) is 16.9 Å². The lowest BCUT2D eigenvalue weighted by Crippen LogP contribution is -2.20. The van der Waals surface area contributed by atoms with Crippen LogP contribution in [0.5, 0.6) is 5.75 Å². The van der Waals surface area contributed by atoms with Crippen molar-refractivity contribution < 1.29 is 4.52 Å². The second kappa shape index (κ2) is 7.82. The van der Waals surface area contributed by atoms with E-state index in [-0.39, 0.29) is 0 Å². The number of anilines is 1. The molecule has 0 amide bonds. The Labute approximate surface area is 174 Å². The Bertz CT molecular complexity index is 986. The van der Waals surface area contributed by atoms with Gasteiger partial charge in [0.05, 0.1) is 0 Å². The van der Waals surface area contributed by atoms with Gasteiger partial charge in [0, 0.05) is 30.4 Å². The predicted molar refractivity (Wildman–Crippen MR) is 122 cm³/mol. The summed E-state index contributed by atoms with van der Waals surface area (Å²) in [6.07, 6.45) is 2.54. The van der Waals surface area contributed by atoms with Gasteiger partial charge in [-0.15, -0.1) is 0 Å². The highest BCUT2D eigenvalue weighted by molar-refractivity contribution is 7.52. The Morgan fingerprint density at radius 1 is 0.897 bits per heavy atom. The first kappa shape index (κ1) is 18.7. The van der Waals surface area contributed by atoms with Crippen LogP contribution in [0.25, 0.3) is 11.1 Å². The van der Waals surface area contributed by atoms with Gasteiger partial charge in [0.15, 0.2) is 0 Å². The molecule has 4 heteroatoms. The molecule has 2 heterocycles. The molecule has 0 aliphatic carbocycles. The third-order valence-corrected chi connectivity index (χ3v) is 7.94. The summed E-state index contributed by atoms with van der Waals surface area (Å²) in [5, 5.41) is 0. The summed E-state index contributed by atoms with van der Waals surface area (Å²) in [5.41, 5.74) is 6.24. The van der Waals surface area contributed by atoms with Crippen LogP contribution < -0.4 is 9.19 Å². The Balaban J connectivity index is 1.51. The molecule has 0 spiro atoms. The van der Waals surface area contributed by atoms with E-state index in [1.54, 1.807) is 0 Å². The van der Waals surface area contributed by atoms with E-state index in [4.69, 9.17) is 4.52 Å². The van der Waals surface area contributed by atoms with E-state index in [0.717, 1.165) is 18.8 Å². The third-order valence-electron chi connectivity index (χ3n) is 5.81. The van der Waals surface area contributed by atoms with Gasteiger partial charge < -0.3 is 9.19 Å². The first-order chi connectivity index (χ1) is 14.2. The number of hydrogen-bond acceptors (Lipinski definition) is 3. The highest BCUT2D eigenvalue weighted by atomic mass is 31.2. The fourth-order valence-electron chi connectivity index (χ4n) is 4.55. The zero-order valence-corrected chi connectivity index (χ0v) is 18.0.